The second-order valence-electron chi connectivity index (χ2n) is 3.26. The molecule has 0 saturated heterocycles. The first-order valence-corrected chi connectivity index (χ1v) is 5.28. The van der Waals surface area contributed by atoms with Crippen molar-refractivity contribution in [1.82, 2.24) is 0 Å². The molecule has 2 heteroatoms. The molecule has 0 radical (unpaired) electrons. The average molecular weight is 259 g/mol. The van der Waals surface area contributed by atoms with E-state index < -0.39 is 0 Å². The van der Waals surface area contributed by atoms with Crippen LogP contribution in [0, 0.1) is 13.8 Å². The Labute approximate surface area is 110 Å². The molecule has 0 aromatic heterocycles. The quantitative estimate of drug-likeness (QED) is 0.569. The van der Waals surface area contributed by atoms with Crippen LogP contribution in [0.2, 0.25) is 0 Å². The minimum atomic E-state index is 0. The molecule has 2 rings (SSSR count). The molecule has 16 heavy (non-hydrogen) atoms. The molecule has 2 aromatic carbocycles. The third-order valence-corrected chi connectivity index (χ3v) is 1.87. The minimum Gasteiger partial charge on any atom is -0.748 e. The standard InChI is InChI=1S/C7H9.C5H5.C2H7N.Fe/c1-6-4-3-5-7(6)2;1-2-4-5-3-1;1-2-3;/h3-5H,1-2H3;1-5H;2-3H2,1H3;/q-1;-5;;. The molecule has 1 nitrogen and oxygen atoms in total. The van der Waals surface area contributed by atoms with Crippen LogP contribution in [0.25, 0.3) is 0 Å². The van der Waals surface area contributed by atoms with Crippen molar-refractivity contribution in [3.63, 3.8) is 0 Å². The van der Waals surface area contributed by atoms with E-state index in [1.807, 2.05) is 37.3 Å². The van der Waals surface area contributed by atoms with Gasteiger partial charge in [-0.05, 0) is 6.54 Å². The number of hydrogen-bond donors (Lipinski definition) is 1. The molecule has 0 amide bonds. The summed E-state index contributed by atoms with van der Waals surface area (Å²) in [5.41, 5.74) is 7.63. The van der Waals surface area contributed by atoms with Crippen LogP contribution in [0.4, 0.5) is 0 Å². The summed E-state index contributed by atoms with van der Waals surface area (Å²) in [5.74, 6) is 0. The average Bonchev–Trinajstić information content (AvgIpc) is 2.84. The summed E-state index contributed by atoms with van der Waals surface area (Å²) in [7, 11) is 0. The van der Waals surface area contributed by atoms with E-state index in [0.717, 1.165) is 6.54 Å². The first-order valence-electron chi connectivity index (χ1n) is 5.28. The topological polar surface area (TPSA) is 26.0 Å². The van der Waals surface area contributed by atoms with Crippen molar-refractivity contribution >= 4 is 0 Å². The summed E-state index contributed by atoms with van der Waals surface area (Å²) in [4.78, 5) is 0. The van der Waals surface area contributed by atoms with E-state index in [9.17, 15) is 0 Å². The van der Waals surface area contributed by atoms with Crippen molar-refractivity contribution in [3.8, 4) is 0 Å². The third-order valence-electron chi connectivity index (χ3n) is 1.87. The van der Waals surface area contributed by atoms with Gasteiger partial charge in [-0.15, -0.1) is 0 Å². The molecule has 0 fully saturated rings. The molecule has 0 heterocycles. The van der Waals surface area contributed by atoms with Gasteiger partial charge in [0.05, 0.1) is 0 Å². The molecular weight excluding hydrogens is 238 g/mol. The molecule has 0 aliphatic carbocycles. The third kappa shape index (κ3) is 9.72. The van der Waals surface area contributed by atoms with Gasteiger partial charge in [-0.3, -0.25) is 0 Å². The fraction of sp³-hybridized carbons (Fsp3) is 0.286. The second-order valence-corrected chi connectivity index (χ2v) is 3.26. The van der Waals surface area contributed by atoms with E-state index in [1.165, 1.54) is 11.1 Å². The maximum Gasteiger partial charge on any atom is 0 e. The first kappa shape index (κ1) is 17.6. The molecule has 0 atom stereocenters. The van der Waals surface area contributed by atoms with E-state index in [2.05, 4.69) is 32.0 Å². The zero-order valence-electron chi connectivity index (χ0n) is 10.3. The summed E-state index contributed by atoms with van der Waals surface area (Å²) in [6.45, 7) is 6.89. The normalized spacial score (nSPS) is 7.75. The summed E-state index contributed by atoms with van der Waals surface area (Å²) in [5, 5.41) is 0. The van der Waals surface area contributed by atoms with Crippen LogP contribution in [0.3, 0.4) is 0 Å². The van der Waals surface area contributed by atoms with Crippen LogP contribution in [-0.4, -0.2) is 6.54 Å². The van der Waals surface area contributed by atoms with Crippen LogP contribution >= 0.6 is 0 Å². The fourth-order valence-electron chi connectivity index (χ4n) is 0.920. The Morgan fingerprint density at radius 1 is 1.19 bits per heavy atom. The van der Waals surface area contributed by atoms with Gasteiger partial charge in [0.1, 0.15) is 0 Å². The van der Waals surface area contributed by atoms with E-state index in [4.69, 9.17) is 5.73 Å². The van der Waals surface area contributed by atoms with Crippen LogP contribution in [-0.2, 0) is 17.1 Å². The Morgan fingerprint density at radius 3 is 1.69 bits per heavy atom. The summed E-state index contributed by atoms with van der Waals surface area (Å²) in [6.07, 6.45) is 0. The zero-order chi connectivity index (χ0) is 11.5. The molecule has 0 spiro atoms. The number of nitrogens with two attached hydrogens (primary N) is 1. The van der Waals surface area contributed by atoms with Gasteiger partial charge >= 0.3 is 0 Å². The van der Waals surface area contributed by atoms with Gasteiger partial charge in [0.2, 0.25) is 0 Å². The van der Waals surface area contributed by atoms with Crippen LogP contribution in [0.1, 0.15) is 18.1 Å². The maximum atomic E-state index is 4.85. The van der Waals surface area contributed by atoms with Gasteiger partial charge in [0.15, 0.2) is 0 Å². The number of aryl methyl sites for hydroxylation is 2. The van der Waals surface area contributed by atoms with Crippen molar-refractivity contribution in [1.29, 1.82) is 0 Å². The van der Waals surface area contributed by atoms with Gasteiger partial charge in [0.25, 0.3) is 0 Å². The first-order chi connectivity index (χ1) is 7.22. The molecule has 0 unspecified atom stereocenters. The maximum absolute atomic E-state index is 4.85. The molecule has 0 aliphatic heterocycles. The monoisotopic (exact) mass is 259 g/mol. The van der Waals surface area contributed by atoms with E-state index in [1.54, 1.807) is 0 Å². The van der Waals surface area contributed by atoms with Crippen LogP contribution < -0.4 is 5.73 Å². The number of hydrogen-bond acceptors (Lipinski definition) is 1. The number of rotatable bonds is 0. The summed E-state index contributed by atoms with van der Waals surface area (Å²) < 4.78 is 0. The molecule has 0 saturated carbocycles. The molecule has 0 aliphatic rings. The van der Waals surface area contributed by atoms with Gasteiger partial charge in [-0.2, -0.15) is 17.2 Å². The molecule has 0 bridgehead atoms. The van der Waals surface area contributed by atoms with Crippen molar-refractivity contribution < 1.29 is 17.1 Å². The SMILES string of the molecule is CCN.Cc1ccc[c-]1C.[Fe].[cH-]1[cH-][cH-][cH-][cH-]1. The Hall–Kier alpha value is -0.821. The molecule has 2 aromatic rings. The van der Waals surface area contributed by atoms with Crippen molar-refractivity contribution in [2.45, 2.75) is 20.8 Å². The van der Waals surface area contributed by atoms with Gasteiger partial charge in [0, 0.05) is 17.1 Å². The van der Waals surface area contributed by atoms with E-state index in [0.29, 0.717) is 0 Å². The summed E-state index contributed by atoms with van der Waals surface area (Å²) >= 11 is 0. The van der Waals surface area contributed by atoms with E-state index in [-0.39, 0.29) is 17.1 Å². The minimum absolute atomic E-state index is 0. The molecular formula is C14H21FeN-6. The zero-order valence-corrected chi connectivity index (χ0v) is 11.4. The Balaban J connectivity index is 0. The van der Waals surface area contributed by atoms with Crippen molar-refractivity contribution in [2.24, 2.45) is 5.73 Å². The Bertz CT molecular complexity index is 275. The van der Waals surface area contributed by atoms with Crippen molar-refractivity contribution in [2.75, 3.05) is 6.54 Å². The van der Waals surface area contributed by atoms with Crippen LogP contribution in [0.5, 0.6) is 0 Å². The smallest absolute Gasteiger partial charge is 0 e. The van der Waals surface area contributed by atoms with Gasteiger partial charge in [-0.25, -0.2) is 12.1 Å². The second kappa shape index (κ2) is 12.3. The Morgan fingerprint density at radius 2 is 1.56 bits per heavy atom. The largest absolute Gasteiger partial charge is 0.748 e. The van der Waals surface area contributed by atoms with Crippen LogP contribution in [0.15, 0.2) is 48.5 Å². The van der Waals surface area contributed by atoms with Gasteiger partial charge < -0.3 is 36.1 Å². The predicted octanol–water partition coefficient (Wildman–Crippen LogP) is 3.39. The fourth-order valence-corrected chi connectivity index (χ4v) is 0.920. The summed E-state index contributed by atoms with van der Waals surface area (Å²) in [6, 6.07) is 16.3. The predicted molar refractivity (Wildman–Crippen MR) is 68.3 cm³/mol. The van der Waals surface area contributed by atoms with Gasteiger partial charge in [-0.1, -0.05) is 20.8 Å². The van der Waals surface area contributed by atoms with E-state index >= 15 is 0 Å². The van der Waals surface area contributed by atoms with Crippen molar-refractivity contribution in [3.05, 3.63) is 59.7 Å². The molecule has 96 valence electrons. The Kier molecular flexibility index (Phi) is 13.5. The molecule has 2 N–H and O–H groups in total.